The first-order valence-corrected chi connectivity index (χ1v) is 6.50. The summed E-state index contributed by atoms with van der Waals surface area (Å²) in [7, 11) is 0. The predicted octanol–water partition coefficient (Wildman–Crippen LogP) is 4.20. The van der Waals surface area contributed by atoms with Crippen LogP contribution in [0.1, 0.15) is 24.2 Å². The van der Waals surface area contributed by atoms with Gasteiger partial charge in [0, 0.05) is 9.79 Å². The van der Waals surface area contributed by atoms with Crippen molar-refractivity contribution in [2.24, 2.45) is 0 Å². The lowest BCUT2D eigenvalue weighted by molar-refractivity contribution is 0.199. The molecule has 0 aliphatic rings. The van der Waals surface area contributed by atoms with Gasteiger partial charge in [0.2, 0.25) is 0 Å². The summed E-state index contributed by atoms with van der Waals surface area (Å²) in [5, 5.41) is 9.44. The number of rotatable bonds is 3. The van der Waals surface area contributed by atoms with Gasteiger partial charge in [-0.25, -0.2) is 0 Å². The third-order valence-corrected chi connectivity index (χ3v) is 3.87. The van der Waals surface area contributed by atoms with Crippen LogP contribution in [0, 0.1) is 6.92 Å². The van der Waals surface area contributed by atoms with E-state index in [1.54, 1.807) is 18.7 Å². The van der Waals surface area contributed by atoms with E-state index >= 15 is 0 Å². The summed E-state index contributed by atoms with van der Waals surface area (Å²) >= 11 is 1.75. The fourth-order valence-electron chi connectivity index (χ4n) is 1.61. The lowest BCUT2D eigenvalue weighted by Gasteiger charge is -2.07. The van der Waals surface area contributed by atoms with E-state index in [9.17, 15) is 5.11 Å². The standard InChI is InChI=1S/C15H16OS/c1-11-5-3-4-6-15(11)17-14-9-7-13(8-10-14)12(2)16/h3-10,12,16H,1-2H3/t12-/m1/s1. The van der Waals surface area contributed by atoms with Crippen molar-refractivity contribution < 1.29 is 5.11 Å². The average molecular weight is 244 g/mol. The molecular weight excluding hydrogens is 228 g/mol. The van der Waals surface area contributed by atoms with E-state index in [0.29, 0.717) is 0 Å². The van der Waals surface area contributed by atoms with Gasteiger partial charge in [0.15, 0.2) is 0 Å². The Kier molecular flexibility index (Phi) is 3.87. The molecule has 0 heterocycles. The molecule has 0 unspecified atom stereocenters. The van der Waals surface area contributed by atoms with Crippen molar-refractivity contribution >= 4 is 11.8 Å². The van der Waals surface area contributed by atoms with Gasteiger partial charge in [-0.05, 0) is 43.2 Å². The number of aliphatic hydroxyl groups excluding tert-OH is 1. The van der Waals surface area contributed by atoms with E-state index in [0.717, 1.165) is 5.56 Å². The lowest BCUT2D eigenvalue weighted by Crippen LogP contribution is -1.89. The van der Waals surface area contributed by atoms with Crippen LogP contribution in [0.4, 0.5) is 0 Å². The number of benzene rings is 2. The average Bonchev–Trinajstić information content (AvgIpc) is 2.33. The Morgan fingerprint density at radius 1 is 1.00 bits per heavy atom. The van der Waals surface area contributed by atoms with Gasteiger partial charge in [0.25, 0.3) is 0 Å². The molecule has 0 aliphatic heterocycles. The Labute approximate surface area is 107 Å². The normalized spacial score (nSPS) is 12.4. The topological polar surface area (TPSA) is 20.2 Å². The van der Waals surface area contributed by atoms with E-state index in [-0.39, 0.29) is 0 Å². The Morgan fingerprint density at radius 3 is 2.24 bits per heavy atom. The van der Waals surface area contributed by atoms with Gasteiger partial charge < -0.3 is 5.11 Å². The van der Waals surface area contributed by atoms with Gasteiger partial charge in [0.05, 0.1) is 6.10 Å². The molecule has 1 nitrogen and oxygen atoms in total. The van der Waals surface area contributed by atoms with Gasteiger partial charge in [-0.1, -0.05) is 42.1 Å². The molecule has 1 atom stereocenters. The van der Waals surface area contributed by atoms with Crippen LogP contribution < -0.4 is 0 Å². The monoisotopic (exact) mass is 244 g/mol. The molecule has 0 spiro atoms. The second-order valence-corrected chi connectivity index (χ2v) is 5.23. The van der Waals surface area contributed by atoms with Crippen LogP contribution >= 0.6 is 11.8 Å². The molecule has 88 valence electrons. The van der Waals surface area contributed by atoms with Crippen molar-refractivity contribution in [1.82, 2.24) is 0 Å². The minimum Gasteiger partial charge on any atom is -0.389 e. The highest BCUT2D eigenvalue weighted by atomic mass is 32.2. The fourth-order valence-corrected chi connectivity index (χ4v) is 2.51. The first-order chi connectivity index (χ1) is 8.16. The van der Waals surface area contributed by atoms with Crippen molar-refractivity contribution in [3.63, 3.8) is 0 Å². The zero-order valence-corrected chi connectivity index (χ0v) is 10.9. The van der Waals surface area contributed by atoms with Crippen LogP contribution in [0.25, 0.3) is 0 Å². The maximum Gasteiger partial charge on any atom is 0.0761 e. The van der Waals surface area contributed by atoms with E-state index in [1.807, 2.05) is 12.1 Å². The SMILES string of the molecule is Cc1ccccc1Sc1ccc([C@@H](C)O)cc1. The molecule has 0 saturated carbocycles. The van der Waals surface area contributed by atoms with E-state index in [4.69, 9.17) is 0 Å². The first kappa shape index (κ1) is 12.2. The van der Waals surface area contributed by atoms with Crippen LogP contribution in [-0.2, 0) is 0 Å². The molecule has 0 fully saturated rings. The fraction of sp³-hybridized carbons (Fsp3) is 0.200. The number of aliphatic hydroxyl groups is 1. The van der Waals surface area contributed by atoms with Crippen molar-refractivity contribution in [2.75, 3.05) is 0 Å². The Hall–Kier alpha value is -1.25. The lowest BCUT2D eigenvalue weighted by atomic mass is 10.1. The summed E-state index contributed by atoms with van der Waals surface area (Å²) < 4.78 is 0. The van der Waals surface area contributed by atoms with Gasteiger partial charge in [0.1, 0.15) is 0 Å². The third kappa shape index (κ3) is 3.11. The largest absolute Gasteiger partial charge is 0.389 e. The quantitative estimate of drug-likeness (QED) is 0.873. The number of hydrogen-bond acceptors (Lipinski definition) is 2. The maximum atomic E-state index is 9.44. The maximum absolute atomic E-state index is 9.44. The van der Waals surface area contributed by atoms with Crippen molar-refractivity contribution in [3.8, 4) is 0 Å². The second kappa shape index (κ2) is 5.39. The van der Waals surface area contributed by atoms with Crippen LogP contribution in [0.5, 0.6) is 0 Å². The molecule has 0 bridgehead atoms. The molecular formula is C15H16OS. The smallest absolute Gasteiger partial charge is 0.0761 e. The summed E-state index contributed by atoms with van der Waals surface area (Å²) in [6.45, 7) is 3.90. The predicted molar refractivity (Wildman–Crippen MR) is 72.4 cm³/mol. The zero-order chi connectivity index (χ0) is 12.3. The molecule has 1 N–H and O–H groups in total. The summed E-state index contributed by atoms with van der Waals surface area (Å²) in [4.78, 5) is 2.47. The molecule has 2 rings (SSSR count). The molecule has 0 amide bonds. The van der Waals surface area contributed by atoms with Crippen molar-refractivity contribution in [3.05, 3.63) is 59.7 Å². The third-order valence-electron chi connectivity index (χ3n) is 2.68. The molecule has 2 heteroatoms. The van der Waals surface area contributed by atoms with Crippen LogP contribution in [-0.4, -0.2) is 5.11 Å². The highest BCUT2D eigenvalue weighted by molar-refractivity contribution is 7.99. The van der Waals surface area contributed by atoms with Gasteiger partial charge in [-0.2, -0.15) is 0 Å². The molecule has 0 aliphatic carbocycles. The van der Waals surface area contributed by atoms with E-state index in [2.05, 4.69) is 43.3 Å². The summed E-state index contributed by atoms with van der Waals surface area (Å²) in [5.74, 6) is 0. The summed E-state index contributed by atoms with van der Waals surface area (Å²) in [6.07, 6.45) is -0.396. The summed E-state index contributed by atoms with van der Waals surface area (Å²) in [5.41, 5.74) is 2.25. The first-order valence-electron chi connectivity index (χ1n) is 5.68. The van der Waals surface area contributed by atoms with Crippen LogP contribution in [0.2, 0.25) is 0 Å². The van der Waals surface area contributed by atoms with Gasteiger partial charge in [-0.3, -0.25) is 0 Å². The second-order valence-electron chi connectivity index (χ2n) is 4.11. The molecule has 0 saturated heterocycles. The molecule has 17 heavy (non-hydrogen) atoms. The Bertz CT molecular complexity index is 489. The molecule has 0 aromatic heterocycles. The minimum absolute atomic E-state index is 0.396. The minimum atomic E-state index is -0.396. The Balaban J connectivity index is 2.17. The highest BCUT2D eigenvalue weighted by Crippen LogP contribution is 2.30. The van der Waals surface area contributed by atoms with E-state index < -0.39 is 6.10 Å². The van der Waals surface area contributed by atoms with E-state index in [1.165, 1.54) is 15.4 Å². The number of hydrogen-bond donors (Lipinski definition) is 1. The highest BCUT2D eigenvalue weighted by Gasteiger charge is 2.02. The molecule has 2 aromatic carbocycles. The molecule has 0 radical (unpaired) electrons. The van der Waals surface area contributed by atoms with Crippen molar-refractivity contribution in [2.45, 2.75) is 29.7 Å². The molecule has 2 aromatic rings. The summed E-state index contributed by atoms with van der Waals surface area (Å²) in [6, 6.07) is 16.4. The number of aryl methyl sites for hydroxylation is 1. The Morgan fingerprint density at radius 2 is 1.65 bits per heavy atom. The van der Waals surface area contributed by atoms with Gasteiger partial charge in [-0.15, -0.1) is 0 Å². The van der Waals surface area contributed by atoms with Crippen LogP contribution in [0.3, 0.4) is 0 Å². The van der Waals surface area contributed by atoms with Crippen LogP contribution in [0.15, 0.2) is 58.3 Å². The van der Waals surface area contributed by atoms with Gasteiger partial charge >= 0.3 is 0 Å². The van der Waals surface area contributed by atoms with Crippen molar-refractivity contribution in [1.29, 1.82) is 0 Å². The zero-order valence-electron chi connectivity index (χ0n) is 10.1.